The first-order valence-corrected chi connectivity index (χ1v) is 5.91. The predicted molar refractivity (Wildman–Crippen MR) is 67.6 cm³/mol. The molecule has 0 aliphatic rings. The third-order valence-electron chi connectivity index (χ3n) is 1.56. The highest BCUT2D eigenvalue weighted by atomic mass is 79.9. The summed E-state index contributed by atoms with van der Waals surface area (Å²) < 4.78 is 0.613. The zero-order valence-electron chi connectivity index (χ0n) is 8.13. The summed E-state index contributed by atoms with van der Waals surface area (Å²) in [6.45, 7) is 0. The number of hydrogen-bond donors (Lipinski definition) is 2. The molecular weight excluding hydrogens is 292 g/mol. The summed E-state index contributed by atoms with van der Waals surface area (Å²) in [7, 11) is 0. The van der Waals surface area contributed by atoms with Crippen LogP contribution in [-0.4, -0.2) is 16.1 Å². The molecule has 1 aromatic heterocycles. The lowest BCUT2D eigenvalue weighted by Gasteiger charge is -1.94. The van der Waals surface area contributed by atoms with Gasteiger partial charge in [-0.15, -0.1) is 11.3 Å². The van der Waals surface area contributed by atoms with Gasteiger partial charge < -0.3 is 10.8 Å². The zero-order chi connectivity index (χ0) is 12.0. The molecule has 0 unspecified atom stereocenters. The number of rotatable bonds is 1. The van der Waals surface area contributed by atoms with Crippen molar-refractivity contribution in [1.29, 1.82) is 0 Å². The van der Waals surface area contributed by atoms with Gasteiger partial charge >= 0.3 is 5.97 Å². The summed E-state index contributed by atoms with van der Waals surface area (Å²) in [5.74, 6) is -0.910. The summed E-state index contributed by atoms with van der Waals surface area (Å²) in [5, 5.41) is 11.0. The molecule has 1 aromatic carbocycles. The highest BCUT2D eigenvalue weighted by Gasteiger charge is 2.04. The minimum atomic E-state index is -0.910. The van der Waals surface area contributed by atoms with Crippen LogP contribution in [-0.2, 0) is 0 Å². The Morgan fingerprint density at radius 3 is 2.44 bits per heavy atom. The van der Waals surface area contributed by atoms with E-state index in [2.05, 4.69) is 20.9 Å². The van der Waals surface area contributed by atoms with Crippen LogP contribution < -0.4 is 5.73 Å². The summed E-state index contributed by atoms with van der Waals surface area (Å²) in [6, 6.07) is 6.71. The molecule has 0 aliphatic carbocycles. The van der Waals surface area contributed by atoms with E-state index in [0.29, 0.717) is 15.2 Å². The molecule has 0 aliphatic heterocycles. The fraction of sp³-hybridized carbons (Fsp3) is 0. The number of aromatic carboxylic acids is 1. The smallest absolute Gasteiger partial charge is 0.336 e. The highest BCUT2D eigenvalue weighted by molar-refractivity contribution is 9.10. The topological polar surface area (TPSA) is 76.2 Å². The van der Waals surface area contributed by atoms with Crippen LogP contribution in [0.1, 0.15) is 10.4 Å². The number of hydrogen-bond acceptors (Lipinski definition) is 4. The second-order valence-corrected chi connectivity index (χ2v) is 4.44. The van der Waals surface area contributed by atoms with Gasteiger partial charge in [0.2, 0.25) is 0 Å². The van der Waals surface area contributed by atoms with E-state index < -0.39 is 5.97 Å². The Hall–Kier alpha value is -1.40. The normalized spacial score (nSPS) is 9.06. The van der Waals surface area contributed by atoms with Gasteiger partial charge in [0.15, 0.2) is 5.13 Å². The maximum Gasteiger partial charge on any atom is 0.336 e. The van der Waals surface area contributed by atoms with Gasteiger partial charge in [0.1, 0.15) is 0 Å². The minimum absolute atomic E-state index is 0.294. The number of nitrogens with zero attached hydrogens (tertiary/aromatic N) is 1. The van der Waals surface area contributed by atoms with E-state index >= 15 is 0 Å². The van der Waals surface area contributed by atoms with Crippen LogP contribution in [0, 0.1) is 0 Å². The second-order valence-electron chi connectivity index (χ2n) is 2.66. The lowest BCUT2D eigenvalue weighted by molar-refractivity contribution is 0.0696. The van der Waals surface area contributed by atoms with Gasteiger partial charge in [-0.1, -0.05) is 12.1 Å². The number of carboxylic acid groups (broad SMARTS) is 1. The van der Waals surface area contributed by atoms with Gasteiger partial charge in [-0.3, -0.25) is 0 Å². The molecule has 1 heterocycles. The lowest BCUT2D eigenvalue weighted by Crippen LogP contribution is -1.95. The van der Waals surface area contributed by atoms with Gasteiger partial charge in [0, 0.05) is 16.0 Å². The first-order chi connectivity index (χ1) is 7.61. The fourth-order valence-electron chi connectivity index (χ4n) is 0.869. The Morgan fingerprint density at radius 2 is 2.12 bits per heavy atom. The second kappa shape index (κ2) is 6.24. The van der Waals surface area contributed by atoms with Crippen LogP contribution in [0.4, 0.5) is 5.13 Å². The summed E-state index contributed by atoms with van der Waals surface area (Å²) in [6.07, 6.45) is 1.68. The van der Waals surface area contributed by atoms with Crippen LogP contribution in [0.15, 0.2) is 40.3 Å². The van der Waals surface area contributed by atoms with Crippen molar-refractivity contribution >= 4 is 38.4 Å². The average molecular weight is 301 g/mol. The Kier molecular flexibility index (Phi) is 4.94. The summed E-state index contributed by atoms with van der Waals surface area (Å²) in [5.41, 5.74) is 5.48. The molecule has 0 amide bonds. The molecule has 0 fully saturated rings. The Morgan fingerprint density at radius 1 is 1.44 bits per heavy atom. The average Bonchev–Trinajstić information content (AvgIpc) is 2.70. The third-order valence-corrected chi connectivity index (χ3v) is 2.85. The molecule has 0 bridgehead atoms. The molecule has 0 saturated carbocycles. The quantitative estimate of drug-likeness (QED) is 0.849. The van der Waals surface area contributed by atoms with Gasteiger partial charge in [-0.2, -0.15) is 0 Å². The molecule has 0 atom stereocenters. The summed E-state index contributed by atoms with van der Waals surface area (Å²) in [4.78, 5) is 14.1. The number of halogens is 1. The van der Waals surface area contributed by atoms with Crippen molar-refractivity contribution in [3.05, 3.63) is 45.9 Å². The number of carboxylic acids is 1. The van der Waals surface area contributed by atoms with Crippen LogP contribution in [0.25, 0.3) is 0 Å². The third kappa shape index (κ3) is 4.00. The molecule has 4 nitrogen and oxygen atoms in total. The van der Waals surface area contributed by atoms with Crippen molar-refractivity contribution in [3.8, 4) is 0 Å². The first-order valence-electron chi connectivity index (χ1n) is 4.24. The maximum absolute atomic E-state index is 10.4. The lowest BCUT2D eigenvalue weighted by atomic mass is 10.2. The standard InChI is InChI=1S/C7H5BrO2.C3H4N2S/c8-6-4-2-1-3-5(6)7(9)10;4-3-5-1-2-6-3/h1-4H,(H,9,10);1-2H,(H2,4,5). The number of carbonyl (C=O) groups is 1. The fourth-order valence-corrected chi connectivity index (χ4v) is 1.71. The number of thiazole rings is 1. The first kappa shape index (κ1) is 12.7. The van der Waals surface area contributed by atoms with Crippen molar-refractivity contribution in [2.45, 2.75) is 0 Å². The van der Waals surface area contributed by atoms with Crippen molar-refractivity contribution < 1.29 is 9.90 Å². The molecule has 0 saturated heterocycles. The van der Waals surface area contributed by atoms with E-state index in [1.807, 2.05) is 5.38 Å². The van der Waals surface area contributed by atoms with Gasteiger partial charge in [0.05, 0.1) is 5.56 Å². The van der Waals surface area contributed by atoms with Crippen molar-refractivity contribution in [2.75, 3.05) is 5.73 Å². The largest absolute Gasteiger partial charge is 0.478 e. The Balaban J connectivity index is 0.000000181. The van der Waals surface area contributed by atoms with E-state index in [4.69, 9.17) is 10.8 Å². The van der Waals surface area contributed by atoms with E-state index in [9.17, 15) is 4.79 Å². The maximum atomic E-state index is 10.4. The van der Waals surface area contributed by atoms with Crippen LogP contribution in [0.5, 0.6) is 0 Å². The number of nitrogen functional groups attached to an aromatic ring is 1. The van der Waals surface area contributed by atoms with Crippen LogP contribution in [0.2, 0.25) is 0 Å². The van der Waals surface area contributed by atoms with Crippen molar-refractivity contribution in [3.63, 3.8) is 0 Å². The minimum Gasteiger partial charge on any atom is -0.478 e. The number of benzene rings is 1. The Labute approximate surface area is 105 Å². The number of anilines is 1. The molecule has 3 N–H and O–H groups in total. The SMILES string of the molecule is Nc1nccs1.O=C(O)c1ccccc1Br. The molecule has 16 heavy (non-hydrogen) atoms. The van der Waals surface area contributed by atoms with Gasteiger partial charge in [0.25, 0.3) is 0 Å². The monoisotopic (exact) mass is 300 g/mol. The molecule has 84 valence electrons. The van der Waals surface area contributed by atoms with Gasteiger partial charge in [-0.25, -0.2) is 9.78 Å². The van der Waals surface area contributed by atoms with Gasteiger partial charge in [-0.05, 0) is 28.1 Å². The predicted octanol–water partition coefficient (Wildman–Crippen LogP) is 2.87. The van der Waals surface area contributed by atoms with Crippen LogP contribution in [0.3, 0.4) is 0 Å². The molecule has 2 rings (SSSR count). The van der Waals surface area contributed by atoms with E-state index in [-0.39, 0.29) is 0 Å². The van der Waals surface area contributed by atoms with Crippen molar-refractivity contribution in [2.24, 2.45) is 0 Å². The highest BCUT2D eigenvalue weighted by Crippen LogP contribution is 2.14. The van der Waals surface area contributed by atoms with Crippen LogP contribution >= 0.6 is 27.3 Å². The molecule has 0 radical (unpaired) electrons. The molecular formula is C10H9BrN2O2S. The molecule has 6 heteroatoms. The van der Waals surface area contributed by atoms with E-state index in [1.54, 1.807) is 30.5 Å². The van der Waals surface area contributed by atoms with E-state index in [1.165, 1.54) is 11.3 Å². The number of nitrogens with two attached hydrogens (primary N) is 1. The van der Waals surface area contributed by atoms with Crippen molar-refractivity contribution in [1.82, 2.24) is 4.98 Å². The summed E-state index contributed by atoms with van der Waals surface area (Å²) >= 11 is 4.56. The Bertz CT molecular complexity index is 460. The molecule has 0 spiro atoms. The molecule has 2 aromatic rings. The zero-order valence-corrected chi connectivity index (χ0v) is 10.5. The number of aromatic nitrogens is 1. The van der Waals surface area contributed by atoms with E-state index in [0.717, 1.165) is 0 Å².